The summed E-state index contributed by atoms with van der Waals surface area (Å²) in [5.74, 6) is 0. The second-order valence-electron chi connectivity index (χ2n) is 4.91. The van der Waals surface area contributed by atoms with Gasteiger partial charge in [-0.25, -0.2) is 8.78 Å². The van der Waals surface area contributed by atoms with E-state index >= 15 is 0 Å². The highest BCUT2D eigenvalue weighted by atomic mass is 19.3. The zero-order valence-corrected chi connectivity index (χ0v) is 10.1. The van der Waals surface area contributed by atoms with Crippen molar-refractivity contribution in [3.63, 3.8) is 0 Å². The molecule has 96 valence electrons. The predicted molar refractivity (Wildman–Crippen MR) is 67.8 cm³/mol. The number of rotatable bonds is 5. The molecule has 0 aliphatic heterocycles. The van der Waals surface area contributed by atoms with Crippen LogP contribution in [0.25, 0.3) is 10.9 Å². The van der Waals surface area contributed by atoms with E-state index in [0.717, 1.165) is 23.0 Å². The summed E-state index contributed by atoms with van der Waals surface area (Å²) in [6.07, 6.45) is 1.93. The highest BCUT2D eigenvalue weighted by Gasteiger charge is 2.20. The highest BCUT2D eigenvalue weighted by Crippen LogP contribution is 2.21. The Morgan fingerprint density at radius 1 is 1.28 bits per heavy atom. The van der Waals surface area contributed by atoms with Crippen molar-refractivity contribution >= 4 is 10.9 Å². The molecule has 1 N–H and O–H groups in total. The summed E-state index contributed by atoms with van der Waals surface area (Å²) in [6, 6.07) is 8.61. The monoisotopic (exact) mass is 250 g/mol. The number of alkyl halides is 2. The quantitative estimate of drug-likeness (QED) is 0.862. The lowest BCUT2D eigenvalue weighted by Gasteiger charge is -2.07. The SMILES string of the molecule is FC(F)Cn1ccc2ccc(CNC3CC3)cc21. The van der Waals surface area contributed by atoms with Crippen molar-refractivity contribution in [2.75, 3.05) is 0 Å². The summed E-state index contributed by atoms with van der Waals surface area (Å²) >= 11 is 0. The largest absolute Gasteiger partial charge is 0.342 e. The van der Waals surface area contributed by atoms with E-state index < -0.39 is 6.43 Å². The zero-order chi connectivity index (χ0) is 12.5. The Hall–Kier alpha value is -1.42. The van der Waals surface area contributed by atoms with Crippen LogP contribution in [-0.4, -0.2) is 17.0 Å². The smallest absolute Gasteiger partial charge is 0.256 e. The molecule has 1 heterocycles. The van der Waals surface area contributed by atoms with Gasteiger partial charge in [-0.05, 0) is 35.9 Å². The van der Waals surface area contributed by atoms with Crippen LogP contribution >= 0.6 is 0 Å². The van der Waals surface area contributed by atoms with E-state index in [-0.39, 0.29) is 6.54 Å². The molecule has 1 aliphatic carbocycles. The summed E-state index contributed by atoms with van der Waals surface area (Å²) in [5.41, 5.74) is 2.05. The standard InChI is InChI=1S/C14H16F2N2/c15-14(16)9-18-6-5-11-2-1-10(7-13(11)18)8-17-12-3-4-12/h1-2,5-7,12,14,17H,3-4,8-9H2. The highest BCUT2D eigenvalue weighted by molar-refractivity contribution is 5.80. The van der Waals surface area contributed by atoms with Crippen molar-refractivity contribution in [2.45, 2.75) is 38.4 Å². The van der Waals surface area contributed by atoms with Crippen LogP contribution < -0.4 is 5.32 Å². The minimum absolute atomic E-state index is 0.233. The number of fused-ring (bicyclic) bond motifs is 1. The van der Waals surface area contributed by atoms with Crippen molar-refractivity contribution in [3.8, 4) is 0 Å². The van der Waals surface area contributed by atoms with Crippen LogP contribution in [0, 0.1) is 0 Å². The van der Waals surface area contributed by atoms with Crippen molar-refractivity contribution in [2.24, 2.45) is 0 Å². The summed E-state index contributed by atoms with van der Waals surface area (Å²) in [5, 5.41) is 4.45. The average Bonchev–Trinajstić information content (AvgIpc) is 3.10. The van der Waals surface area contributed by atoms with Crippen LogP contribution in [0.1, 0.15) is 18.4 Å². The minimum Gasteiger partial charge on any atom is -0.342 e. The first-order valence-electron chi connectivity index (χ1n) is 6.32. The Labute approximate surface area is 105 Å². The molecule has 0 spiro atoms. The molecule has 0 saturated heterocycles. The molecule has 3 rings (SSSR count). The maximum atomic E-state index is 12.5. The first kappa shape index (κ1) is 11.7. The molecule has 2 aromatic rings. The zero-order valence-electron chi connectivity index (χ0n) is 10.1. The third kappa shape index (κ3) is 2.53. The molecule has 0 radical (unpaired) electrons. The molecule has 0 unspecified atom stereocenters. The molecule has 0 bridgehead atoms. The van der Waals surface area contributed by atoms with Crippen LogP contribution in [-0.2, 0) is 13.1 Å². The number of hydrogen-bond donors (Lipinski definition) is 1. The number of nitrogens with one attached hydrogen (secondary N) is 1. The molecule has 1 aromatic heterocycles. The summed E-state index contributed by atoms with van der Waals surface area (Å²) in [7, 11) is 0. The van der Waals surface area contributed by atoms with Crippen LogP contribution in [0.4, 0.5) is 8.78 Å². The maximum Gasteiger partial charge on any atom is 0.256 e. The van der Waals surface area contributed by atoms with Crippen molar-refractivity contribution < 1.29 is 8.78 Å². The van der Waals surface area contributed by atoms with Gasteiger partial charge in [0.25, 0.3) is 6.43 Å². The van der Waals surface area contributed by atoms with Gasteiger partial charge in [0, 0.05) is 24.3 Å². The lowest BCUT2D eigenvalue weighted by Crippen LogP contribution is -2.15. The fraction of sp³-hybridized carbons (Fsp3) is 0.429. The molecular weight excluding hydrogens is 234 g/mol. The lowest BCUT2D eigenvalue weighted by molar-refractivity contribution is 0.128. The molecule has 4 heteroatoms. The van der Waals surface area contributed by atoms with E-state index in [1.165, 1.54) is 12.8 Å². The maximum absolute atomic E-state index is 12.5. The lowest BCUT2D eigenvalue weighted by atomic mass is 10.1. The first-order valence-corrected chi connectivity index (χ1v) is 6.32. The topological polar surface area (TPSA) is 17.0 Å². The van der Waals surface area contributed by atoms with Gasteiger partial charge in [0.05, 0.1) is 6.54 Å². The third-order valence-electron chi connectivity index (χ3n) is 3.35. The second-order valence-corrected chi connectivity index (χ2v) is 4.91. The van der Waals surface area contributed by atoms with Crippen LogP contribution in [0.15, 0.2) is 30.5 Å². The van der Waals surface area contributed by atoms with Gasteiger partial charge in [-0.1, -0.05) is 12.1 Å². The van der Waals surface area contributed by atoms with E-state index in [1.807, 2.05) is 18.2 Å². The van der Waals surface area contributed by atoms with Crippen LogP contribution in [0.2, 0.25) is 0 Å². The predicted octanol–water partition coefficient (Wildman–Crippen LogP) is 3.16. The van der Waals surface area contributed by atoms with Gasteiger partial charge in [-0.3, -0.25) is 0 Å². The van der Waals surface area contributed by atoms with Gasteiger partial charge in [0.1, 0.15) is 0 Å². The van der Waals surface area contributed by atoms with E-state index in [1.54, 1.807) is 10.8 Å². The molecule has 18 heavy (non-hydrogen) atoms. The van der Waals surface area contributed by atoms with Crippen molar-refractivity contribution in [1.29, 1.82) is 0 Å². The number of halogens is 2. The molecule has 1 fully saturated rings. The van der Waals surface area contributed by atoms with Gasteiger partial charge in [-0.2, -0.15) is 0 Å². The fourth-order valence-corrected chi connectivity index (χ4v) is 2.20. The second kappa shape index (κ2) is 4.69. The molecule has 0 amide bonds. The molecule has 0 atom stereocenters. The van der Waals surface area contributed by atoms with Gasteiger partial charge in [-0.15, -0.1) is 0 Å². The Bertz CT molecular complexity index is 544. The van der Waals surface area contributed by atoms with E-state index in [2.05, 4.69) is 11.4 Å². The van der Waals surface area contributed by atoms with Gasteiger partial charge >= 0.3 is 0 Å². The molecule has 1 aromatic carbocycles. The summed E-state index contributed by atoms with van der Waals surface area (Å²) < 4.78 is 26.5. The molecular formula is C14H16F2N2. The van der Waals surface area contributed by atoms with E-state index in [4.69, 9.17) is 0 Å². The van der Waals surface area contributed by atoms with E-state index in [9.17, 15) is 8.78 Å². The van der Waals surface area contributed by atoms with Crippen molar-refractivity contribution in [3.05, 3.63) is 36.0 Å². The molecule has 1 aliphatic rings. The minimum atomic E-state index is -2.31. The van der Waals surface area contributed by atoms with Gasteiger partial charge in [0.15, 0.2) is 0 Å². The Balaban J connectivity index is 1.83. The summed E-state index contributed by atoms with van der Waals surface area (Å²) in [6.45, 7) is 0.587. The number of benzene rings is 1. The number of nitrogens with zero attached hydrogens (tertiary/aromatic N) is 1. The third-order valence-corrected chi connectivity index (χ3v) is 3.35. The Morgan fingerprint density at radius 2 is 2.11 bits per heavy atom. The Kier molecular flexibility index (Phi) is 3.04. The van der Waals surface area contributed by atoms with Gasteiger partial charge in [0.2, 0.25) is 0 Å². The first-order chi connectivity index (χ1) is 8.72. The van der Waals surface area contributed by atoms with Gasteiger partial charge < -0.3 is 9.88 Å². The van der Waals surface area contributed by atoms with Crippen LogP contribution in [0.3, 0.4) is 0 Å². The molecule has 1 saturated carbocycles. The van der Waals surface area contributed by atoms with Crippen LogP contribution in [0.5, 0.6) is 0 Å². The number of aromatic nitrogens is 1. The summed E-state index contributed by atoms with van der Waals surface area (Å²) in [4.78, 5) is 0. The number of hydrogen-bond acceptors (Lipinski definition) is 1. The van der Waals surface area contributed by atoms with Crippen molar-refractivity contribution in [1.82, 2.24) is 9.88 Å². The van der Waals surface area contributed by atoms with E-state index in [0.29, 0.717) is 6.04 Å². The fourth-order valence-electron chi connectivity index (χ4n) is 2.20. The Morgan fingerprint density at radius 3 is 2.83 bits per heavy atom. The molecule has 2 nitrogen and oxygen atoms in total. The average molecular weight is 250 g/mol. The normalized spacial score (nSPS) is 15.7.